The maximum absolute atomic E-state index is 13.1. The Bertz CT molecular complexity index is 1570. The van der Waals surface area contributed by atoms with Crippen molar-refractivity contribution in [2.45, 2.75) is 20.8 Å². The lowest BCUT2D eigenvalue weighted by Gasteiger charge is -2.11. The van der Waals surface area contributed by atoms with E-state index in [0.29, 0.717) is 9.49 Å². The van der Waals surface area contributed by atoms with Crippen LogP contribution in [0.4, 0.5) is 5.69 Å². The van der Waals surface area contributed by atoms with Crippen molar-refractivity contribution in [2.75, 3.05) is 5.32 Å². The summed E-state index contributed by atoms with van der Waals surface area (Å²) < 4.78 is 4.49. The second-order valence-electron chi connectivity index (χ2n) is 7.52. The van der Waals surface area contributed by atoms with Crippen molar-refractivity contribution >= 4 is 45.0 Å². The van der Waals surface area contributed by atoms with Crippen molar-refractivity contribution in [1.29, 1.82) is 0 Å². The first-order valence-electron chi connectivity index (χ1n) is 9.91. The number of fused-ring (bicyclic) bond motifs is 3. The number of hydrogen-bond donors (Lipinski definition) is 1. The molecular weight excluding hydrogens is 408 g/mol. The van der Waals surface area contributed by atoms with Gasteiger partial charge in [-0.15, -0.1) is 0 Å². The van der Waals surface area contributed by atoms with Gasteiger partial charge in [-0.25, -0.2) is 9.38 Å². The molecule has 0 aliphatic heterocycles. The van der Waals surface area contributed by atoms with Crippen LogP contribution in [0.5, 0.6) is 0 Å². The molecule has 0 unspecified atom stereocenters. The van der Waals surface area contributed by atoms with Crippen LogP contribution in [0.15, 0.2) is 59.4 Å². The number of anilines is 1. The number of benzene rings is 2. The van der Waals surface area contributed by atoms with Gasteiger partial charge in [-0.2, -0.15) is 0 Å². The molecule has 0 aliphatic carbocycles. The largest absolute Gasteiger partial charge is 0.326 e. The first kappa shape index (κ1) is 19.3. The first-order chi connectivity index (χ1) is 14.9. The molecule has 154 valence electrons. The highest BCUT2D eigenvalue weighted by molar-refractivity contribution is 7.15. The molecule has 0 fully saturated rings. The van der Waals surface area contributed by atoms with Crippen LogP contribution >= 0.6 is 11.3 Å². The Hall–Kier alpha value is -3.71. The van der Waals surface area contributed by atoms with Crippen LogP contribution < -0.4 is 15.4 Å². The second kappa shape index (κ2) is 7.21. The maximum Gasteiger partial charge on any atom is 0.274 e. The van der Waals surface area contributed by atoms with Gasteiger partial charge in [0, 0.05) is 29.7 Å². The summed E-state index contributed by atoms with van der Waals surface area (Å²) in [5, 5.41) is 2.78. The van der Waals surface area contributed by atoms with Gasteiger partial charge >= 0.3 is 0 Å². The zero-order valence-corrected chi connectivity index (χ0v) is 18.2. The first-order valence-corrected chi connectivity index (χ1v) is 10.7. The van der Waals surface area contributed by atoms with Crippen molar-refractivity contribution in [1.82, 2.24) is 14.0 Å². The van der Waals surface area contributed by atoms with Crippen LogP contribution in [0.1, 0.15) is 23.9 Å². The molecule has 6 nitrogen and oxygen atoms in total. The van der Waals surface area contributed by atoms with Gasteiger partial charge in [0.05, 0.1) is 15.6 Å². The number of carbonyl (C=O) groups is 1. The SMILES string of the molecule is CC(=O)Nc1ccc(-n2c(C)cc(/C=c3\sc4nc5ccccc5n4c3=O)c2C)cc1. The molecule has 5 rings (SSSR count). The zero-order chi connectivity index (χ0) is 21.7. The van der Waals surface area contributed by atoms with Crippen molar-refractivity contribution in [3.8, 4) is 5.69 Å². The second-order valence-corrected chi connectivity index (χ2v) is 8.53. The van der Waals surface area contributed by atoms with E-state index in [9.17, 15) is 9.59 Å². The maximum atomic E-state index is 13.1. The van der Waals surface area contributed by atoms with E-state index in [2.05, 4.69) is 20.9 Å². The Morgan fingerprint density at radius 1 is 1.10 bits per heavy atom. The number of imidazole rings is 1. The third-order valence-corrected chi connectivity index (χ3v) is 6.32. The summed E-state index contributed by atoms with van der Waals surface area (Å²) in [5.41, 5.74) is 6.48. The molecule has 0 saturated carbocycles. The molecule has 1 amide bonds. The van der Waals surface area contributed by atoms with E-state index in [1.807, 2.05) is 68.5 Å². The van der Waals surface area contributed by atoms with E-state index in [1.54, 1.807) is 4.40 Å². The fraction of sp³-hybridized carbons (Fsp3) is 0.125. The Morgan fingerprint density at radius 2 is 1.84 bits per heavy atom. The molecule has 31 heavy (non-hydrogen) atoms. The molecule has 0 spiro atoms. The van der Waals surface area contributed by atoms with Gasteiger partial charge in [0.15, 0.2) is 4.96 Å². The highest BCUT2D eigenvalue weighted by atomic mass is 32.1. The third-order valence-electron chi connectivity index (χ3n) is 5.35. The molecule has 0 radical (unpaired) electrons. The van der Waals surface area contributed by atoms with Gasteiger partial charge < -0.3 is 9.88 Å². The number of nitrogens with one attached hydrogen (secondary N) is 1. The summed E-state index contributed by atoms with van der Waals surface area (Å²) in [6.45, 7) is 5.57. The Labute approximate surface area is 182 Å². The van der Waals surface area contributed by atoms with Gasteiger partial charge in [0.25, 0.3) is 5.56 Å². The summed E-state index contributed by atoms with van der Waals surface area (Å²) in [6, 6.07) is 17.5. The number of nitrogens with zero attached hydrogens (tertiary/aromatic N) is 3. The minimum atomic E-state index is -0.0959. The average molecular weight is 429 g/mol. The van der Waals surface area contributed by atoms with Gasteiger partial charge in [-0.05, 0) is 68.0 Å². The van der Waals surface area contributed by atoms with Crippen molar-refractivity contribution in [3.63, 3.8) is 0 Å². The predicted octanol–water partition coefficient (Wildman–Crippen LogP) is 3.82. The van der Waals surface area contributed by atoms with Gasteiger partial charge in [-0.1, -0.05) is 23.5 Å². The number of thiazole rings is 1. The molecule has 0 bridgehead atoms. The zero-order valence-electron chi connectivity index (χ0n) is 17.3. The number of aryl methyl sites for hydroxylation is 1. The molecule has 3 heterocycles. The molecule has 5 aromatic rings. The molecular formula is C24H20N4O2S. The summed E-state index contributed by atoms with van der Waals surface area (Å²) >= 11 is 1.41. The van der Waals surface area contributed by atoms with E-state index < -0.39 is 0 Å². The van der Waals surface area contributed by atoms with Crippen LogP contribution in [0.2, 0.25) is 0 Å². The van der Waals surface area contributed by atoms with Crippen LogP contribution in [0.3, 0.4) is 0 Å². The summed E-state index contributed by atoms with van der Waals surface area (Å²) in [7, 11) is 0. The van der Waals surface area contributed by atoms with E-state index in [1.165, 1.54) is 18.3 Å². The standard InChI is InChI=1S/C24H20N4O2S/c1-14-12-17(15(2)27(14)19-10-8-18(9-11-19)25-16(3)29)13-22-23(30)28-21-7-5-4-6-20(21)26-24(28)31-22/h4-13H,1-3H3,(H,25,29)/b22-13-. The van der Waals surface area contributed by atoms with E-state index in [0.717, 1.165) is 39.4 Å². The molecule has 0 atom stereocenters. The number of rotatable bonds is 3. The van der Waals surface area contributed by atoms with Crippen LogP contribution in [0, 0.1) is 13.8 Å². The molecule has 0 aliphatic rings. The van der Waals surface area contributed by atoms with Gasteiger partial charge in [-0.3, -0.25) is 9.59 Å². The summed E-state index contributed by atoms with van der Waals surface area (Å²) in [6.07, 6.45) is 1.95. The van der Waals surface area contributed by atoms with Gasteiger partial charge in [0.2, 0.25) is 5.91 Å². The number of amides is 1. The van der Waals surface area contributed by atoms with E-state index in [4.69, 9.17) is 0 Å². The topological polar surface area (TPSA) is 68.4 Å². The molecule has 2 aromatic carbocycles. The third kappa shape index (κ3) is 3.23. The van der Waals surface area contributed by atoms with E-state index >= 15 is 0 Å². The Morgan fingerprint density at radius 3 is 2.58 bits per heavy atom. The van der Waals surface area contributed by atoms with E-state index in [-0.39, 0.29) is 11.5 Å². The lowest BCUT2D eigenvalue weighted by Crippen LogP contribution is -2.22. The highest BCUT2D eigenvalue weighted by Gasteiger charge is 2.13. The normalized spacial score (nSPS) is 12.2. The predicted molar refractivity (Wildman–Crippen MR) is 125 cm³/mol. The molecule has 3 aromatic heterocycles. The van der Waals surface area contributed by atoms with Crippen LogP contribution in [0.25, 0.3) is 27.8 Å². The molecule has 1 N–H and O–H groups in total. The summed E-state index contributed by atoms with van der Waals surface area (Å²) in [4.78, 5) is 29.6. The smallest absolute Gasteiger partial charge is 0.274 e. The lowest BCUT2D eigenvalue weighted by molar-refractivity contribution is -0.114. The molecule has 0 saturated heterocycles. The highest BCUT2D eigenvalue weighted by Crippen LogP contribution is 2.23. The molecule has 7 heteroatoms. The minimum absolute atomic E-state index is 0.0434. The minimum Gasteiger partial charge on any atom is -0.326 e. The monoisotopic (exact) mass is 428 g/mol. The summed E-state index contributed by atoms with van der Waals surface area (Å²) in [5.74, 6) is -0.0959. The fourth-order valence-electron chi connectivity index (χ4n) is 3.98. The van der Waals surface area contributed by atoms with Crippen molar-refractivity contribution in [3.05, 3.63) is 86.4 Å². The average Bonchev–Trinajstić information content (AvgIpc) is 3.34. The van der Waals surface area contributed by atoms with Crippen LogP contribution in [-0.2, 0) is 4.79 Å². The lowest BCUT2D eigenvalue weighted by atomic mass is 10.2. The number of aromatic nitrogens is 3. The van der Waals surface area contributed by atoms with Gasteiger partial charge in [0.1, 0.15) is 0 Å². The van der Waals surface area contributed by atoms with Crippen molar-refractivity contribution < 1.29 is 4.79 Å². The fourth-order valence-corrected chi connectivity index (χ4v) is 4.96. The number of hydrogen-bond acceptors (Lipinski definition) is 4. The van der Waals surface area contributed by atoms with Crippen LogP contribution in [-0.4, -0.2) is 19.9 Å². The Balaban J connectivity index is 1.60. The quantitative estimate of drug-likeness (QED) is 0.475. The Kier molecular flexibility index (Phi) is 4.48. The van der Waals surface area contributed by atoms with Crippen molar-refractivity contribution in [2.24, 2.45) is 0 Å². The number of para-hydroxylation sites is 2. The number of carbonyl (C=O) groups excluding carboxylic acids is 1.